The van der Waals surface area contributed by atoms with Crippen molar-refractivity contribution in [2.75, 3.05) is 31.1 Å². The van der Waals surface area contributed by atoms with Gasteiger partial charge in [-0.05, 0) is 48.9 Å². The summed E-state index contributed by atoms with van der Waals surface area (Å²) < 4.78 is 6.23. The lowest BCUT2D eigenvalue weighted by molar-refractivity contribution is -0.139. The van der Waals surface area contributed by atoms with E-state index in [1.165, 1.54) is 16.8 Å². The lowest BCUT2D eigenvalue weighted by Crippen LogP contribution is -2.52. The molecule has 0 radical (unpaired) electrons. The first-order chi connectivity index (χ1) is 14.6. The van der Waals surface area contributed by atoms with Gasteiger partial charge in [0.25, 0.3) is 5.91 Å². The average Bonchev–Trinajstić information content (AvgIpc) is 2.79. The molecule has 1 unspecified atom stereocenters. The number of amides is 1. The maximum absolute atomic E-state index is 13.2. The highest BCUT2D eigenvalue weighted by Gasteiger charge is 2.28. The molecule has 1 aliphatic heterocycles. The van der Waals surface area contributed by atoms with E-state index in [0.717, 1.165) is 42.7 Å². The Morgan fingerprint density at radius 3 is 2.40 bits per heavy atom. The summed E-state index contributed by atoms with van der Waals surface area (Å²) in [5, 5.41) is 2.17. The lowest BCUT2D eigenvalue weighted by Gasteiger charge is -2.38. The largest absolute Gasteiger partial charge is 0.480 e. The van der Waals surface area contributed by atoms with Crippen molar-refractivity contribution < 1.29 is 9.53 Å². The van der Waals surface area contributed by atoms with Crippen molar-refractivity contribution in [1.82, 2.24) is 4.90 Å². The normalized spacial score (nSPS) is 15.3. The summed E-state index contributed by atoms with van der Waals surface area (Å²) >= 11 is 0. The van der Waals surface area contributed by atoms with E-state index in [0.29, 0.717) is 6.42 Å². The van der Waals surface area contributed by atoms with Crippen molar-refractivity contribution in [2.24, 2.45) is 0 Å². The standard InChI is InChI=1S/C26H30N2O2/c1-4-24(30-25-14-8-11-21-10-5-6-12-22(21)25)26(29)28-17-15-27(16-18-28)23-13-7-9-19(2)20(23)3/h5-14,24H,4,15-18H2,1-3H3. The van der Waals surface area contributed by atoms with E-state index < -0.39 is 6.10 Å². The molecule has 0 saturated carbocycles. The van der Waals surface area contributed by atoms with Crippen LogP contribution in [0.1, 0.15) is 24.5 Å². The Kier molecular flexibility index (Phi) is 5.93. The third-order valence-corrected chi connectivity index (χ3v) is 6.17. The minimum atomic E-state index is -0.455. The first kappa shape index (κ1) is 20.3. The summed E-state index contributed by atoms with van der Waals surface area (Å²) in [4.78, 5) is 17.6. The molecule has 0 aliphatic carbocycles. The van der Waals surface area contributed by atoms with E-state index in [4.69, 9.17) is 4.74 Å². The second kappa shape index (κ2) is 8.78. The summed E-state index contributed by atoms with van der Waals surface area (Å²) in [7, 11) is 0. The van der Waals surface area contributed by atoms with Gasteiger partial charge in [-0.3, -0.25) is 4.79 Å². The number of nitrogens with zero attached hydrogens (tertiary/aromatic N) is 2. The van der Waals surface area contributed by atoms with Gasteiger partial charge in [0.15, 0.2) is 6.10 Å². The minimum Gasteiger partial charge on any atom is -0.480 e. The third kappa shape index (κ3) is 4.00. The van der Waals surface area contributed by atoms with Gasteiger partial charge in [-0.15, -0.1) is 0 Å². The van der Waals surface area contributed by atoms with Crippen LogP contribution in [0.3, 0.4) is 0 Å². The summed E-state index contributed by atoms with van der Waals surface area (Å²) in [6, 6.07) is 20.6. The molecule has 4 rings (SSSR count). The van der Waals surface area contributed by atoms with Crippen LogP contribution in [0.5, 0.6) is 5.75 Å². The number of anilines is 1. The number of ether oxygens (including phenoxy) is 1. The quantitative estimate of drug-likeness (QED) is 0.604. The molecule has 1 saturated heterocycles. The highest BCUT2D eigenvalue weighted by Crippen LogP contribution is 2.28. The zero-order valence-electron chi connectivity index (χ0n) is 18.1. The molecule has 1 aliphatic rings. The molecule has 3 aromatic rings. The molecule has 1 heterocycles. The van der Waals surface area contributed by atoms with Gasteiger partial charge in [0, 0.05) is 37.3 Å². The van der Waals surface area contributed by atoms with E-state index in [1.54, 1.807) is 0 Å². The topological polar surface area (TPSA) is 32.8 Å². The van der Waals surface area contributed by atoms with E-state index in [1.807, 2.05) is 42.2 Å². The molecular formula is C26H30N2O2. The molecule has 30 heavy (non-hydrogen) atoms. The molecular weight excluding hydrogens is 372 g/mol. The number of hydrogen-bond donors (Lipinski definition) is 0. The van der Waals surface area contributed by atoms with Crippen molar-refractivity contribution in [1.29, 1.82) is 0 Å². The minimum absolute atomic E-state index is 0.0889. The summed E-state index contributed by atoms with van der Waals surface area (Å²) in [6.07, 6.45) is 0.197. The average molecular weight is 403 g/mol. The predicted molar refractivity (Wildman–Crippen MR) is 123 cm³/mol. The van der Waals surface area contributed by atoms with E-state index >= 15 is 0 Å². The Labute approximate surface area is 179 Å². The second-order valence-electron chi connectivity index (χ2n) is 8.02. The van der Waals surface area contributed by atoms with Crippen LogP contribution >= 0.6 is 0 Å². The molecule has 4 nitrogen and oxygen atoms in total. The Morgan fingerprint density at radius 2 is 1.63 bits per heavy atom. The number of rotatable bonds is 5. The number of aryl methyl sites for hydroxylation is 1. The number of carbonyl (C=O) groups is 1. The fraction of sp³-hybridized carbons (Fsp3) is 0.346. The molecule has 3 aromatic carbocycles. The Morgan fingerprint density at radius 1 is 0.933 bits per heavy atom. The monoisotopic (exact) mass is 402 g/mol. The molecule has 1 fully saturated rings. The fourth-order valence-corrected chi connectivity index (χ4v) is 4.21. The molecule has 0 bridgehead atoms. The predicted octanol–water partition coefficient (Wildman–Crippen LogP) is 4.96. The second-order valence-corrected chi connectivity index (χ2v) is 8.02. The molecule has 1 atom stereocenters. The summed E-state index contributed by atoms with van der Waals surface area (Å²) in [5.41, 5.74) is 3.91. The number of carbonyl (C=O) groups excluding carboxylic acids is 1. The lowest BCUT2D eigenvalue weighted by atomic mass is 10.1. The Hall–Kier alpha value is -3.01. The highest BCUT2D eigenvalue weighted by atomic mass is 16.5. The number of benzene rings is 3. The van der Waals surface area contributed by atoms with E-state index in [2.05, 4.69) is 49.1 Å². The van der Waals surface area contributed by atoms with Crippen LogP contribution in [0.2, 0.25) is 0 Å². The number of hydrogen-bond acceptors (Lipinski definition) is 3. The van der Waals surface area contributed by atoms with Crippen molar-refractivity contribution in [3.63, 3.8) is 0 Å². The third-order valence-electron chi connectivity index (χ3n) is 6.17. The van der Waals surface area contributed by atoms with Crippen LogP contribution in [0.4, 0.5) is 5.69 Å². The molecule has 0 N–H and O–H groups in total. The first-order valence-electron chi connectivity index (χ1n) is 10.8. The fourth-order valence-electron chi connectivity index (χ4n) is 4.21. The summed E-state index contributed by atoms with van der Waals surface area (Å²) in [6.45, 7) is 9.48. The first-order valence-corrected chi connectivity index (χ1v) is 10.8. The van der Waals surface area contributed by atoms with Gasteiger partial charge >= 0.3 is 0 Å². The Balaban J connectivity index is 1.44. The Bertz CT molecular complexity index is 1030. The van der Waals surface area contributed by atoms with Crippen LogP contribution in [0.25, 0.3) is 10.8 Å². The van der Waals surface area contributed by atoms with Crippen molar-refractivity contribution in [2.45, 2.75) is 33.3 Å². The maximum atomic E-state index is 13.2. The molecule has 0 spiro atoms. The smallest absolute Gasteiger partial charge is 0.263 e. The van der Waals surface area contributed by atoms with Gasteiger partial charge in [0.1, 0.15) is 5.75 Å². The number of piperazine rings is 1. The van der Waals surface area contributed by atoms with E-state index in [-0.39, 0.29) is 5.91 Å². The molecule has 4 heteroatoms. The SMILES string of the molecule is CCC(Oc1cccc2ccccc12)C(=O)N1CCN(c2cccc(C)c2C)CC1. The maximum Gasteiger partial charge on any atom is 0.263 e. The van der Waals surface area contributed by atoms with Crippen molar-refractivity contribution in [3.05, 3.63) is 71.8 Å². The van der Waals surface area contributed by atoms with Gasteiger partial charge in [-0.1, -0.05) is 55.5 Å². The molecule has 0 aromatic heterocycles. The van der Waals surface area contributed by atoms with Crippen molar-refractivity contribution >= 4 is 22.4 Å². The highest BCUT2D eigenvalue weighted by molar-refractivity contribution is 5.89. The zero-order chi connectivity index (χ0) is 21.1. The zero-order valence-corrected chi connectivity index (χ0v) is 18.1. The molecule has 1 amide bonds. The van der Waals surface area contributed by atoms with E-state index in [9.17, 15) is 4.79 Å². The molecule has 156 valence electrons. The van der Waals surface area contributed by atoms with Gasteiger partial charge in [0.05, 0.1) is 0 Å². The van der Waals surface area contributed by atoms with Gasteiger partial charge in [-0.2, -0.15) is 0 Å². The van der Waals surface area contributed by atoms with Gasteiger partial charge in [-0.25, -0.2) is 0 Å². The van der Waals surface area contributed by atoms with Crippen LogP contribution in [-0.2, 0) is 4.79 Å². The van der Waals surface area contributed by atoms with Gasteiger partial charge < -0.3 is 14.5 Å². The van der Waals surface area contributed by atoms with Crippen molar-refractivity contribution in [3.8, 4) is 5.75 Å². The van der Waals surface area contributed by atoms with Crippen LogP contribution in [0.15, 0.2) is 60.7 Å². The van der Waals surface area contributed by atoms with Crippen LogP contribution in [0, 0.1) is 13.8 Å². The van der Waals surface area contributed by atoms with Crippen LogP contribution in [-0.4, -0.2) is 43.1 Å². The van der Waals surface area contributed by atoms with Crippen LogP contribution < -0.4 is 9.64 Å². The van der Waals surface area contributed by atoms with Gasteiger partial charge in [0.2, 0.25) is 0 Å². The summed E-state index contributed by atoms with van der Waals surface area (Å²) in [5.74, 6) is 0.869. The number of fused-ring (bicyclic) bond motifs is 1.